The zero-order chi connectivity index (χ0) is 17.6. The molecule has 0 aliphatic carbocycles. The average molecular weight is 330 g/mol. The van der Waals surface area contributed by atoms with Gasteiger partial charge in [0.05, 0.1) is 29.6 Å². The van der Waals surface area contributed by atoms with Gasteiger partial charge in [-0.1, -0.05) is 42.5 Å². The summed E-state index contributed by atoms with van der Waals surface area (Å²) in [6.45, 7) is 2.00. The molecule has 124 valence electrons. The molecule has 1 atom stereocenters. The van der Waals surface area contributed by atoms with E-state index >= 15 is 0 Å². The van der Waals surface area contributed by atoms with Crippen LogP contribution in [-0.2, 0) is 0 Å². The van der Waals surface area contributed by atoms with Crippen molar-refractivity contribution in [1.29, 1.82) is 5.26 Å². The topological polar surface area (TPSA) is 76.1 Å². The Bertz CT molecular complexity index is 859. The second-order valence-electron chi connectivity index (χ2n) is 5.61. The summed E-state index contributed by atoms with van der Waals surface area (Å²) in [4.78, 5) is 4.62. The molecule has 0 bridgehead atoms. The van der Waals surface area contributed by atoms with E-state index < -0.39 is 0 Å². The van der Waals surface area contributed by atoms with Gasteiger partial charge in [0.25, 0.3) is 0 Å². The van der Waals surface area contributed by atoms with Crippen LogP contribution in [0.4, 0.5) is 0 Å². The van der Waals surface area contributed by atoms with Gasteiger partial charge in [-0.2, -0.15) is 15.5 Å². The third-order valence-electron chi connectivity index (χ3n) is 3.78. The normalized spacial score (nSPS) is 16.6. The fourth-order valence-electron chi connectivity index (χ4n) is 2.40. The van der Waals surface area contributed by atoms with Gasteiger partial charge in [-0.15, -0.1) is 0 Å². The Morgan fingerprint density at radius 3 is 2.52 bits per heavy atom. The molecule has 6 heteroatoms. The Hall–Kier alpha value is -3.46. The maximum atomic E-state index is 8.82. The van der Waals surface area contributed by atoms with Gasteiger partial charge in [0, 0.05) is 7.05 Å². The fraction of sp³-hybridized carbons (Fsp3) is 0.158. The van der Waals surface area contributed by atoms with E-state index in [2.05, 4.69) is 26.7 Å². The molecule has 25 heavy (non-hydrogen) atoms. The average Bonchev–Trinajstić information content (AvgIpc) is 2.67. The Kier molecular flexibility index (Phi) is 4.86. The molecular formula is C19H18N6. The van der Waals surface area contributed by atoms with Crippen LogP contribution >= 0.6 is 0 Å². The third-order valence-corrected chi connectivity index (χ3v) is 3.78. The number of nitriles is 1. The molecule has 6 nitrogen and oxygen atoms in total. The highest BCUT2D eigenvalue weighted by Gasteiger charge is 2.19. The van der Waals surface area contributed by atoms with E-state index in [1.54, 1.807) is 23.4 Å². The second kappa shape index (κ2) is 7.41. The molecule has 0 saturated carbocycles. The first-order valence-corrected chi connectivity index (χ1v) is 7.92. The van der Waals surface area contributed by atoms with Crippen molar-refractivity contribution < 1.29 is 0 Å². The van der Waals surface area contributed by atoms with Crippen molar-refractivity contribution in [2.75, 3.05) is 7.05 Å². The molecule has 0 radical (unpaired) electrons. The van der Waals surface area contributed by atoms with Gasteiger partial charge in [-0.05, 0) is 30.2 Å². The number of rotatable bonds is 3. The molecular weight excluding hydrogens is 312 g/mol. The predicted molar refractivity (Wildman–Crippen MR) is 99.5 cm³/mol. The Labute approximate surface area is 146 Å². The zero-order valence-electron chi connectivity index (χ0n) is 14.1. The first kappa shape index (κ1) is 16.4. The van der Waals surface area contributed by atoms with Gasteiger partial charge < -0.3 is 0 Å². The molecule has 1 aliphatic heterocycles. The molecule has 2 aromatic rings. The molecule has 0 saturated heterocycles. The molecule has 1 unspecified atom stereocenters. The minimum Gasteiger partial charge on any atom is -0.245 e. The lowest BCUT2D eigenvalue weighted by Crippen LogP contribution is -2.40. The van der Waals surface area contributed by atoms with Crippen molar-refractivity contribution in [3.05, 3.63) is 71.3 Å². The van der Waals surface area contributed by atoms with E-state index in [1.165, 1.54) is 0 Å². The van der Waals surface area contributed by atoms with E-state index in [1.807, 2.05) is 56.4 Å². The number of hydrogen-bond acceptors (Lipinski definition) is 6. The van der Waals surface area contributed by atoms with Gasteiger partial charge in [0.1, 0.15) is 0 Å². The summed E-state index contributed by atoms with van der Waals surface area (Å²) >= 11 is 0. The van der Waals surface area contributed by atoms with Crippen molar-refractivity contribution in [2.24, 2.45) is 15.2 Å². The molecule has 2 aromatic carbocycles. The molecule has 0 spiro atoms. The van der Waals surface area contributed by atoms with Crippen LogP contribution in [0.5, 0.6) is 0 Å². The number of hydrazone groups is 2. The van der Waals surface area contributed by atoms with Crippen LogP contribution in [0.3, 0.4) is 0 Å². The monoisotopic (exact) mass is 330 g/mol. The Morgan fingerprint density at radius 2 is 1.88 bits per heavy atom. The largest absolute Gasteiger partial charge is 0.245 e. The van der Waals surface area contributed by atoms with Gasteiger partial charge in [0.2, 0.25) is 5.96 Å². The summed E-state index contributed by atoms with van der Waals surface area (Å²) in [5.41, 5.74) is 6.44. The highest BCUT2D eigenvalue weighted by molar-refractivity contribution is 6.07. The number of hydrogen-bond donors (Lipinski definition) is 1. The van der Waals surface area contributed by atoms with Crippen LogP contribution in [0.25, 0.3) is 0 Å². The van der Waals surface area contributed by atoms with E-state index in [0.29, 0.717) is 11.5 Å². The van der Waals surface area contributed by atoms with Crippen molar-refractivity contribution in [3.8, 4) is 6.07 Å². The fourth-order valence-corrected chi connectivity index (χ4v) is 2.40. The first-order valence-electron chi connectivity index (χ1n) is 7.92. The lowest BCUT2D eigenvalue weighted by atomic mass is 10.0. The first-order chi connectivity index (χ1) is 12.2. The summed E-state index contributed by atoms with van der Waals surface area (Å²) in [7, 11) is 1.81. The third kappa shape index (κ3) is 3.90. The SMILES string of the molecule is CC1N=C(N(C)N=Cc2ccc(C#N)cc2)NN=C1c1ccccc1. The van der Waals surface area contributed by atoms with E-state index in [4.69, 9.17) is 5.26 Å². The minimum atomic E-state index is -0.0637. The number of aliphatic imine (C=N–C) groups is 1. The maximum absolute atomic E-state index is 8.82. The highest BCUT2D eigenvalue weighted by Crippen LogP contribution is 2.11. The van der Waals surface area contributed by atoms with Crippen molar-refractivity contribution in [3.63, 3.8) is 0 Å². The standard InChI is InChI=1S/C19H18N6/c1-14-18(17-6-4-3-5-7-17)23-24-19(22-14)25(2)21-13-16-10-8-15(12-20)9-11-16/h3-11,13-14H,1-2H3,(H,22,24). The summed E-state index contributed by atoms with van der Waals surface area (Å²) in [5, 5.41) is 19.3. The van der Waals surface area contributed by atoms with Gasteiger partial charge in [-0.25, -0.2) is 15.4 Å². The van der Waals surface area contributed by atoms with Gasteiger partial charge >= 0.3 is 0 Å². The van der Waals surface area contributed by atoms with Crippen LogP contribution in [0.1, 0.15) is 23.6 Å². The van der Waals surface area contributed by atoms with Crippen LogP contribution in [0, 0.1) is 11.3 Å². The molecule has 3 rings (SSSR count). The quantitative estimate of drug-likeness (QED) is 0.694. The molecule has 0 fully saturated rings. The maximum Gasteiger partial charge on any atom is 0.236 e. The number of nitrogens with one attached hydrogen (secondary N) is 1. The van der Waals surface area contributed by atoms with Crippen LogP contribution in [0.15, 0.2) is 69.8 Å². The van der Waals surface area contributed by atoms with Crippen LogP contribution in [-0.4, -0.2) is 36.0 Å². The second-order valence-corrected chi connectivity index (χ2v) is 5.61. The molecule has 1 heterocycles. The number of nitrogens with zero attached hydrogens (tertiary/aromatic N) is 5. The summed E-state index contributed by atoms with van der Waals surface area (Å²) in [6.07, 6.45) is 1.71. The molecule has 1 N–H and O–H groups in total. The lowest BCUT2D eigenvalue weighted by molar-refractivity contribution is 0.513. The van der Waals surface area contributed by atoms with E-state index in [-0.39, 0.29) is 6.04 Å². The van der Waals surface area contributed by atoms with Crippen molar-refractivity contribution >= 4 is 17.9 Å². The van der Waals surface area contributed by atoms with Crippen molar-refractivity contribution in [1.82, 2.24) is 10.4 Å². The lowest BCUT2D eigenvalue weighted by Gasteiger charge is -2.23. The zero-order valence-corrected chi connectivity index (χ0v) is 14.1. The minimum absolute atomic E-state index is 0.0637. The summed E-state index contributed by atoms with van der Waals surface area (Å²) < 4.78 is 0. The van der Waals surface area contributed by atoms with Crippen LogP contribution < -0.4 is 5.43 Å². The molecule has 0 aromatic heterocycles. The Balaban J connectivity index is 1.68. The van der Waals surface area contributed by atoms with Crippen LogP contribution in [0.2, 0.25) is 0 Å². The summed E-state index contributed by atoms with van der Waals surface area (Å²) in [6, 6.07) is 19.2. The Morgan fingerprint density at radius 1 is 1.16 bits per heavy atom. The smallest absolute Gasteiger partial charge is 0.236 e. The van der Waals surface area contributed by atoms with E-state index in [9.17, 15) is 0 Å². The predicted octanol–water partition coefficient (Wildman–Crippen LogP) is 2.58. The van der Waals surface area contributed by atoms with Gasteiger partial charge in [0.15, 0.2) is 0 Å². The summed E-state index contributed by atoms with van der Waals surface area (Å²) in [5.74, 6) is 0.581. The molecule has 0 amide bonds. The molecule has 1 aliphatic rings. The van der Waals surface area contributed by atoms with Gasteiger partial charge in [-0.3, -0.25) is 0 Å². The van der Waals surface area contributed by atoms with E-state index in [0.717, 1.165) is 16.8 Å². The number of benzene rings is 2. The highest BCUT2D eigenvalue weighted by atomic mass is 15.6. The number of guanidine groups is 1. The van der Waals surface area contributed by atoms with Crippen molar-refractivity contribution in [2.45, 2.75) is 13.0 Å².